The molecule has 80 valence electrons. The topological polar surface area (TPSA) is 0 Å². The Hall–Kier alpha value is -0.120. The van der Waals surface area contributed by atoms with Crippen molar-refractivity contribution in [1.29, 1.82) is 0 Å². The van der Waals surface area contributed by atoms with Gasteiger partial charge in [0.1, 0.15) is 0 Å². The molecule has 16 heavy (non-hydrogen) atoms. The Balaban J connectivity index is 2.27. The van der Waals surface area contributed by atoms with Crippen LogP contribution in [0.3, 0.4) is 0 Å². The summed E-state index contributed by atoms with van der Waals surface area (Å²) in [5.74, 6) is 0. The van der Waals surface area contributed by atoms with E-state index < -0.39 is 0 Å². The van der Waals surface area contributed by atoms with E-state index in [4.69, 9.17) is 0 Å². The minimum Gasteiger partial charge on any atom is -0.0530 e. The lowest BCUT2D eigenvalue weighted by Gasteiger charge is -2.04. The molecule has 1 aliphatic rings. The SMILES string of the molecule is Brc1ccc2c(c1)Cc1c-2ccc(Br)c1Br. The summed E-state index contributed by atoms with van der Waals surface area (Å²) < 4.78 is 3.45. The van der Waals surface area contributed by atoms with Crippen molar-refractivity contribution in [2.24, 2.45) is 0 Å². The second-order valence-electron chi connectivity index (χ2n) is 3.87. The summed E-state index contributed by atoms with van der Waals surface area (Å²) >= 11 is 10.7. The number of hydrogen-bond acceptors (Lipinski definition) is 0. The van der Waals surface area contributed by atoms with Gasteiger partial charge in [-0.3, -0.25) is 0 Å². The van der Waals surface area contributed by atoms with Crippen LogP contribution in [0.4, 0.5) is 0 Å². The smallest absolute Gasteiger partial charge is 0.0359 e. The Labute approximate surface area is 119 Å². The first-order chi connectivity index (χ1) is 7.66. The molecule has 3 rings (SSSR count). The zero-order valence-corrected chi connectivity index (χ0v) is 13.0. The average Bonchev–Trinajstić information content (AvgIpc) is 2.62. The van der Waals surface area contributed by atoms with Gasteiger partial charge in [0.2, 0.25) is 0 Å². The molecule has 0 nitrogen and oxygen atoms in total. The van der Waals surface area contributed by atoms with Gasteiger partial charge in [0.15, 0.2) is 0 Å². The maximum absolute atomic E-state index is 3.65. The van der Waals surface area contributed by atoms with Crippen LogP contribution >= 0.6 is 47.8 Å². The standard InChI is InChI=1S/C13H7Br3/c14-8-1-2-9-7(5-8)6-11-10(9)3-4-12(15)13(11)16/h1-5H,6H2. The van der Waals surface area contributed by atoms with Crippen molar-refractivity contribution in [2.75, 3.05) is 0 Å². The summed E-state index contributed by atoms with van der Waals surface area (Å²) in [6.07, 6.45) is 1.00. The van der Waals surface area contributed by atoms with Crippen LogP contribution < -0.4 is 0 Å². The van der Waals surface area contributed by atoms with Crippen LogP contribution in [-0.2, 0) is 6.42 Å². The van der Waals surface area contributed by atoms with Gasteiger partial charge in [-0.05, 0) is 78.7 Å². The molecule has 0 saturated heterocycles. The van der Waals surface area contributed by atoms with Gasteiger partial charge in [-0.15, -0.1) is 0 Å². The molecule has 1 aliphatic carbocycles. The Morgan fingerprint density at radius 3 is 2.44 bits per heavy atom. The fraction of sp³-hybridized carbons (Fsp3) is 0.0769. The van der Waals surface area contributed by atoms with E-state index in [2.05, 4.69) is 78.1 Å². The fourth-order valence-corrected chi connectivity index (χ4v) is 3.45. The van der Waals surface area contributed by atoms with E-state index >= 15 is 0 Å². The Kier molecular flexibility index (Phi) is 2.73. The lowest BCUT2D eigenvalue weighted by atomic mass is 10.1. The van der Waals surface area contributed by atoms with Crippen molar-refractivity contribution in [3.8, 4) is 11.1 Å². The normalized spacial score (nSPS) is 12.4. The van der Waals surface area contributed by atoms with Crippen LogP contribution in [0, 0.1) is 0 Å². The van der Waals surface area contributed by atoms with Crippen molar-refractivity contribution in [1.82, 2.24) is 0 Å². The molecular weight excluding hydrogens is 396 g/mol. The molecule has 0 aromatic heterocycles. The predicted molar refractivity (Wildman–Crippen MR) is 77.8 cm³/mol. The molecule has 2 aromatic rings. The van der Waals surface area contributed by atoms with Crippen LogP contribution in [0.1, 0.15) is 11.1 Å². The lowest BCUT2D eigenvalue weighted by Crippen LogP contribution is -1.83. The zero-order valence-electron chi connectivity index (χ0n) is 8.23. The first-order valence-electron chi connectivity index (χ1n) is 4.92. The minimum absolute atomic E-state index is 1.00. The average molecular weight is 403 g/mol. The van der Waals surface area contributed by atoms with Crippen molar-refractivity contribution >= 4 is 47.8 Å². The first kappa shape index (κ1) is 11.0. The second-order valence-corrected chi connectivity index (χ2v) is 6.43. The third-order valence-corrected chi connectivity index (χ3v) is 5.51. The van der Waals surface area contributed by atoms with Crippen LogP contribution in [0.25, 0.3) is 11.1 Å². The molecular formula is C13H7Br3. The first-order valence-corrected chi connectivity index (χ1v) is 7.30. The maximum Gasteiger partial charge on any atom is 0.0359 e. The molecule has 0 fully saturated rings. The van der Waals surface area contributed by atoms with Crippen molar-refractivity contribution in [3.63, 3.8) is 0 Å². The molecule has 0 amide bonds. The number of rotatable bonds is 0. The van der Waals surface area contributed by atoms with Crippen molar-refractivity contribution in [2.45, 2.75) is 6.42 Å². The molecule has 0 bridgehead atoms. The molecule has 2 aromatic carbocycles. The van der Waals surface area contributed by atoms with E-state index in [1.54, 1.807) is 0 Å². The number of halogens is 3. The van der Waals surface area contributed by atoms with E-state index in [-0.39, 0.29) is 0 Å². The Bertz CT molecular complexity index is 588. The molecule has 0 N–H and O–H groups in total. The van der Waals surface area contributed by atoms with E-state index in [0.29, 0.717) is 0 Å². The van der Waals surface area contributed by atoms with E-state index in [1.165, 1.54) is 26.7 Å². The summed E-state index contributed by atoms with van der Waals surface area (Å²) in [7, 11) is 0. The van der Waals surface area contributed by atoms with E-state index in [9.17, 15) is 0 Å². The molecule has 0 radical (unpaired) electrons. The van der Waals surface area contributed by atoms with E-state index in [0.717, 1.165) is 15.4 Å². The van der Waals surface area contributed by atoms with Gasteiger partial charge in [0.25, 0.3) is 0 Å². The maximum atomic E-state index is 3.65. The van der Waals surface area contributed by atoms with E-state index in [1.807, 2.05) is 0 Å². The third-order valence-electron chi connectivity index (χ3n) is 2.92. The van der Waals surface area contributed by atoms with Gasteiger partial charge >= 0.3 is 0 Å². The fourth-order valence-electron chi connectivity index (χ4n) is 2.18. The van der Waals surface area contributed by atoms with Crippen LogP contribution in [0.2, 0.25) is 0 Å². The summed E-state index contributed by atoms with van der Waals surface area (Å²) in [5, 5.41) is 0. The number of benzene rings is 2. The molecule has 0 heterocycles. The molecule has 0 aliphatic heterocycles. The van der Waals surface area contributed by atoms with Gasteiger partial charge in [-0.25, -0.2) is 0 Å². The van der Waals surface area contributed by atoms with Crippen LogP contribution in [-0.4, -0.2) is 0 Å². The molecule has 0 spiro atoms. The summed E-state index contributed by atoms with van der Waals surface area (Å²) in [4.78, 5) is 0. The second kappa shape index (κ2) is 3.97. The highest BCUT2D eigenvalue weighted by Gasteiger charge is 2.21. The van der Waals surface area contributed by atoms with Crippen molar-refractivity contribution in [3.05, 3.63) is 54.9 Å². The highest BCUT2D eigenvalue weighted by Crippen LogP contribution is 2.43. The largest absolute Gasteiger partial charge is 0.0530 e. The van der Waals surface area contributed by atoms with Crippen LogP contribution in [0.15, 0.2) is 43.7 Å². The molecule has 0 unspecified atom stereocenters. The van der Waals surface area contributed by atoms with Gasteiger partial charge in [0.05, 0.1) is 0 Å². The monoisotopic (exact) mass is 400 g/mol. The highest BCUT2D eigenvalue weighted by atomic mass is 79.9. The minimum atomic E-state index is 1.00. The summed E-state index contributed by atoms with van der Waals surface area (Å²) in [5.41, 5.74) is 5.47. The number of hydrogen-bond donors (Lipinski definition) is 0. The molecule has 0 atom stereocenters. The Morgan fingerprint density at radius 2 is 1.62 bits per heavy atom. The summed E-state index contributed by atoms with van der Waals surface area (Å²) in [6.45, 7) is 0. The highest BCUT2D eigenvalue weighted by molar-refractivity contribution is 9.13. The zero-order chi connectivity index (χ0) is 11.3. The lowest BCUT2D eigenvalue weighted by molar-refractivity contribution is 1.24. The molecule has 0 saturated carbocycles. The third kappa shape index (κ3) is 1.60. The van der Waals surface area contributed by atoms with Gasteiger partial charge in [0, 0.05) is 13.4 Å². The number of fused-ring (bicyclic) bond motifs is 3. The summed E-state index contributed by atoms with van der Waals surface area (Å²) in [6, 6.07) is 10.8. The van der Waals surface area contributed by atoms with Gasteiger partial charge < -0.3 is 0 Å². The van der Waals surface area contributed by atoms with Crippen molar-refractivity contribution < 1.29 is 0 Å². The Morgan fingerprint density at radius 1 is 0.875 bits per heavy atom. The molecule has 3 heteroatoms. The van der Waals surface area contributed by atoms with Crippen LogP contribution in [0.5, 0.6) is 0 Å². The predicted octanol–water partition coefficient (Wildman–Crippen LogP) is 5.55. The van der Waals surface area contributed by atoms with Gasteiger partial charge in [-0.1, -0.05) is 28.1 Å². The van der Waals surface area contributed by atoms with Gasteiger partial charge in [-0.2, -0.15) is 0 Å². The quantitative estimate of drug-likeness (QED) is 0.462.